The van der Waals surface area contributed by atoms with E-state index in [2.05, 4.69) is 10.6 Å². The lowest BCUT2D eigenvalue weighted by Crippen LogP contribution is -2.27. The number of carbonyl (C=O) groups excluding carboxylic acids is 4. The highest BCUT2D eigenvalue weighted by Crippen LogP contribution is 2.42. The van der Waals surface area contributed by atoms with Crippen LogP contribution >= 0.6 is 22.7 Å². The molecule has 198 valence electrons. The van der Waals surface area contributed by atoms with E-state index in [4.69, 9.17) is 18.9 Å². The van der Waals surface area contributed by atoms with Crippen molar-refractivity contribution in [2.45, 2.75) is 66.6 Å². The normalized spacial score (nSPS) is 11.4. The minimum atomic E-state index is -0.737. The molecule has 0 saturated carbocycles. The van der Waals surface area contributed by atoms with Gasteiger partial charge in [-0.15, -0.1) is 22.7 Å². The van der Waals surface area contributed by atoms with E-state index in [0.29, 0.717) is 9.75 Å². The molecule has 0 bridgehead atoms. The molecule has 0 aliphatic carbocycles. The summed E-state index contributed by atoms with van der Waals surface area (Å²) in [7, 11) is 0. The molecule has 0 aliphatic heterocycles. The Morgan fingerprint density at radius 3 is 1.31 bits per heavy atom. The fourth-order valence-corrected chi connectivity index (χ4v) is 4.86. The molecule has 2 amide bonds. The topological polar surface area (TPSA) is 129 Å². The van der Waals surface area contributed by atoms with Crippen LogP contribution in [0.25, 0.3) is 9.75 Å². The Bertz CT molecular complexity index is 1030. The highest BCUT2D eigenvalue weighted by molar-refractivity contribution is 7.26. The third-order valence-electron chi connectivity index (χ3n) is 3.93. The molecule has 0 aromatic carbocycles. The first kappa shape index (κ1) is 29.1. The lowest BCUT2D eigenvalue weighted by molar-refractivity contribution is 0.0517. The molecule has 0 unspecified atom stereocenters. The zero-order valence-corrected chi connectivity index (χ0v) is 23.3. The number of anilines is 2. The smallest absolute Gasteiger partial charge is 0.412 e. The van der Waals surface area contributed by atoms with Crippen molar-refractivity contribution in [3.63, 3.8) is 0 Å². The maximum Gasteiger partial charge on any atom is 0.412 e. The number of hydrogen-bond acceptors (Lipinski definition) is 10. The quantitative estimate of drug-likeness (QED) is 0.300. The van der Waals surface area contributed by atoms with E-state index >= 15 is 0 Å². The number of esters is 2. The van der Waals surface area contributed by atoms with Crippen LogP contribution in [-0.4, -0.2) is 48.5 Å². The fraction of sp³-hybridized carbons (Fsp3) is 0.500. The summed E-state index contributed by atoms with van der Waals surface area (Å²) in [5, 5.41) is 5.65. The number of nitrogens with one attached hydrogen (secondary N) is 2. The Morgan fingerprint density at radius 2 is 1.03 bits per heavy atom. The predicted molar refractivity (Wildman–Crippen MR) is 139 cm³/mol. The Labute approximate surface area is 218 Å². The molecular weight excluding hydrogens is 508 g/mol. The van der Waals surface area contributed by atoms with Gasteiger partial charge >= 0.3 is 24.1 Å². The van der Waals surface area contributed by atoms with E-state index in [0.717, 1.165) is 22.7 Å². The molecule has 10 nitrogen and oxygen atoms in total. The van der Waals surface area contributed by atoms with Crippen LogP contribution in [0.4, 0.5) is 19.6 Å². The highest BCUT2D eigenvalue weighted by Gasteiger charge is 2.26. The van der Waals surface area contributed by atoms with Gasteiger partial charge in [0.15, 0.2) is 0 Å². The lowest BCUT2D eigenvalue weighted by atomic mass is 10.2. The van der Waals surface area contributed by atoms with Gasteiger partial charge in [0.05, 0.1) is 24.3 Å². The lowest BCUT2D eigenvalue weighted by Gasteiger charge is -2.19. The monoisotopic (exact) mass is 540 g/mol. The summed E-state index contributed by atoms with van der Waals surface area (Å²) < 4.78 is 20.9. The van der Waals surface area contributed by atoms with Gasteiger partial charge in [0.25, 0.3) is 0 Å². The van der Waals surface area contributed by atoms with Crippen LogP contribution in [0.1, 0.15) is 76.1 Å². The molecule has 0 atom stereocenters. The van der Waals surface area contributed by atoms with Gasteiger partial charge in [-0.2, -0.15) is 0 Å². The number of thiophene rings is 2. The van der Waals surface area contributed by atoms with Crippen LogP contribution < -0.4 is 10.6 Å². The third-order valence-corrected chi connectivity index (χ3v) is 6.22. The molecule has 2 aromatic rings. The van der Waals surface area contributed by atoms with Gasteiger partial charge in [0, 0.05) is 9.75 Å². The van der Waals surface area contributed by atoms with E-state index < -0.39 is 35.3 Å². The highest BCUT2D eigenvalue weighted by atomic mass is 32.1. The summed E-state index contributed by atoms with van der Waals surface area (Å²) in [6.07, 6.45) is -1.46. The summed E-state index contributed by atoms with van der Waals surface area (Å²) in [5.74, 6) is -1.25. The first-order valence-electron chi connectivity index (χ1n) is 11.3. The molecule has 0 saturated heterocycles. The molecule has 12 heteroatoms. The van der Waals surface area contributed by atoms with Crippen LogP contribution in [0.5, 0.6) is 0 Å². The molecule has 2 aromatic heterocycles. The van der Waals surface area contributed by atoms with E-state index in [9.17, 15) is 19.2 Å². The molecular formula is C24H32N2O8S2. The van der Waals surface area contributed by atoms with Crippen LogP contribution in [0.3, 0.4) is 0 Å². The van der Waals surface area contributed by atoms with Crippen molar-refractivity contribution in [1.29, 1.82) is 0 Å². The Hall–Kier alpha value is -3.12. The Balaban J connectivity index is 2.48. The van der Waals surface area contributed by atoms with Gasteiger partial charge < -0.3 is 18.9 Å². The minimum absolute atomic E-state index is 0.135. The fourth-order valence-electron chi connectivity index (χ4n) is 2.72. The average molecular weight is 541 g/mol. The van der Waals surface area contributed by atoms with Gasteiger partial charge in [-0.05, 0) is 67.5 Å². The zero-order valence-electron chi connectivity index (χ0n) is 21.7. The Kier molecular flexibility index (Phi) is 9.50. The first-order valence-corrected chi connectivity index (χ1v) is 12.9. The summed E-state index contributed by atoms with van der Waals surface area (Å²) in [6, 6.07) is 3.10. The standard InChI is InChI=1S/C24H32N2O8S2/c1-9-31-19(27)13-11-15(35-17(13)25-21(29)33-23(3,4)5)16-12-14(20(28)32-10-2)18(36-16)26-22(30)34-24(6,7)8/h11-12H,9-10H2,1-8H3,(H,25,29)(H,26,30). The van der Waals surface area contributed by atoms with Crippen molar-refractivity contribution >= 4 is 56.8 Å². The maximum absolute atomic E-state index is 12.6. The van der Waals surface area contributed by atoms with E-state index in [1.807, 2.05) is 0 Å². The molecule has 0 radical (unpaired) electrons. The van der Waals surface area contributed by atoms with Crippen molar-refractivity contribution in [2.75, 3.05) is 23.8 Å². The first-order chi connectivity index (χ1) is 16.6. The van der Waals surface area contributed by atoms with Gasteiger partial charge in [-0.25, -0.2) is 19.2 Å². The van der Waals surface area contributed by atoms with Crippen molar-refractivity contribution in [3.05, 3.63) is 23.3 Å². The van der Waals surface area contributed by atoms with Gasteiger partial charge in [0.1, 0.15) is 21.2 Å². The molecule has 36 heavy (non-hydrogen) atoms. The van der Waals surface area contributed by atoms with Crippen molar-refractivity contribution < 1.29 is 38.1 Å². The van der Waals surface area contributed by atoms with Gasteiger partial charge in [-0.3, -0.25) is 10.6 Å². The maximum atomic E-state index is 12.6. The van der Waals surface area contributed by atoms with Crippen molar-refractivity contribution in [1.82, 2.24) is 0 Å². The average Bonchev–Trinajstić information content (AvgIpc) is 3.29. The van der Waals surface area contributed by atoms with E-state index in [1.165, 1.54) is 0 Å². The molecule has 0 spiro atoms. The summed E-state index contributed by atoms with van der Waals surface area (Å²) in [4.78, 5) is 51.0. The number of ether oxygens (including phenoxy) is 4. The SMILES string of the molecule is CCOC(=O)c1cc(-c2cc(C(=O)OCC)c(NC(=O)OC(C)(C)C)s2)sc1NC(=O)OC(C)(C)C. The number of carbonyl (C=O) groups is 4. The van der Waals surface area contributed by atoms with Crippen LogP contribution in [0.2, 0.25) is 0 Å². The second-order valence-corrected chi connectivity index (χ2v) is 11.5. The molecule has 2 heterocycles. The van der Waals surface area contributed by atoms with Crippen LogP contribution in [0, 0.1) is 0 Å². The third kappa shape index (κ3) is 8.52. The van der Waals surface area contributed by atoms with Gasteiger partial charge in [-0.1, -0.05) is 0 Å². The summed E-state index contributed by atoms with van der Waals surface area (Å²) >= 11 is 2.20. The Morgan fingerprint density at radius 1 is 0.694 bits per heavy atom. The van der Waals surface area contributed by atoms with Crippen LogP contribution in [-0.2, 0) is 18.9 Å². The predicted octanol–water partition coefficient (Wildman–Crippen LogP) is 6.52. The van der Waals surface area contributed by atoms with Gasteiger partial charge in [0.2, 0.25) is 0 Å². The van der Waals surface area contributed by atoms with E-state index in [-0.39, 0.29) is 34.3 Å². The summed E-state index contributed by atoms with van der Waals surface area (Å²) in [5.41, 5.74) is -1.21. The zero-order chi connectivity index (χ0) is 27.3. The van der Waals surface area contributed by atoms with Crippen LogP contribution in [0.15, 0.2) is 12.1 Å². The summed E-state index contributed by atoms with van der Waals surface area (Å²) in [6.45, 7) is 14.0. The number of amides is 2. The second kappa shape index (κ2) is 11.7. The van der Waals surface area contributed by atoms with Crippen molar-refractivity contribution in [2.24, 2.45) is 0 Å². The van der Waals surface area contributed by atoms with E-state index in [1.54, 1.807) is 67.5 Å². The van der Waals surface area contributed by atoms with Crippen molar-refractivity contribution in [3.8, 4) is 9.75 Å². The molecule has 0 fully saturated rings. The largest absolute Gasteiger partial charge is 0.462 e. The molecule has 0 aliphatic rings. The minimum Gasteiger partial charge on any atom is -0.462 e. The molecule has 2 N–H and O–H groups in total. The second-order valence-electron chi connectivity index (χ2n) is 9.40. The molecule has 2 rings (SSSR count). The number of hydrogen-bond donors (Lipinski definition) is 2. The number of rotatable bonds is 7.